The smallest absolute Gasteiger partial charge is 0.231 e. The predicted molar refractivity (Wildman–Crippen MR) is 120 cm³/mol. The fourth-order valence-electron chi connectivity index (χ4n) is 3.50. The van der Waals surface area contributed by atoms with E-state index in [-0.39, 0.29) is 24.5 Å². The first-order valence-corrected chi connectivity index (χ1v) is 11.4. The van der Waals surface area contributed by atoms with Gasteiger partial charge in [-0.05, 0) is 44.0 Å². The molecule has 4 rings (SSSR count). The van der Waals surface area contributed by atoms with E-state index in [2.05, 4.69) is 46.1 Å². The minimum absolute atomic E-state index is 0.0571. The number of fused-ring (bicyclic) bond motifs is 1. The third-order valence-corrected chi connectivity index (χ3v) is 6.01. The Morgan fingerprint density at radius 1 is 1.19 bits per heavy atom. The van der Waals surface area contributed by atoms with Crippen LogP contribution in [0.5, 0.6) is 11.5 Å². The van der Waals surface area contributed by atoms with Crippen LogP contribution in [0.2, 0.25) is 0 Å². The number of ether oxygens (including phenoxy) is 2. The minimum Gasteiger partial charge on any atom is -0.454 e. The zero-order valence-electron chi connectivity index (χ0n) is 17.9. The summed E-state index contributed by atoms with van der Waals surface area (Å²) in [6.45, 7) is 7.17. The van der Waals surface area contributed by atoms with Crippen LogP contribution in [-0.2, 0) is 11.3 Å². The van der Waals surface area contributed by atoms with Gasteiger partial charge in [0.15, 0.2) is 22.5 Å². The molecule has 0 unspecified atom stereocenters. The Morgan fingerprint density at radius 2 is 2.03 bits per heavy atom. The third kappa shape index (κ3) is 4.85. The average Bonchev–Trinajstić information content (AvgIpc) is 3.39. The number of amides is 1. The lowest BCUT2D eigenvalue weighted by Crippen LogP contribution is -2.28. The number of nitrogens with one attached hydrogen (secondary N) is 1. The summed E-state index contributed by atoms with van der Waals surface area (Å²) in [6.07, 6.45) is 0.956. The van der Waals surface area contributed by atoms with Gasteiger partial charge in [0, 0.05) is 12.1 Å². The van der Waals surface area contributed by atoms with Crippen LogP contribution in [0, 0.1) is 6.92 Å². The Hall–Kier alpha value is -3.00. The lowest BCUT2D eigenvalue weighted by molar-refractivity contribution is -0.119. The molecule has 0 saturated heterocycles. The maximum atomic E-state index is 12.6. The number of aromatic nitrogens is 3. The van der Waals surface area contributed by atoms with Gasteiger partial charge >= 0.3 is 0 Å². The summed E-state index contributed by atoms with van der Waals surface area (Å²) in [5.74, 6) is 2.49. The monoisotopic (exact) mass is 438 g/mol. The zero-order chi connectivity index (χ0) is 21.8. The molecule has 1 aliphatic heterocycles. The molecule has 1 atom stereocenters. The van der Waals surface area contributed by atoms with Crippen LogP contribution in [-0.4, -0.2) is 33.2 Å². The van der Waals surface area contributed by atoms with Gasteiger partial charge in [0.1, 0.15) is 0 Å². The summed E-state index contributed by atoms with van der Waals surface area (Å²) < 4.78 is 12.9. The molecule has 31 heavy (non-hydrogen) atoms. The Labute approximate surface area is 186 Å². The van der Waals surface area contributed by atoms with Gasteiger partial charge in [0.2, 0.25) is 12.7 Å². The van der Waals surface area contributed by atoms with Crippen LogP contribution in [0.4, 0.5) is 0 Å². The average molecular weight is 439 g/mol. The van der Waals surface area contributed by atoms with Crippen molar-refractivity contribution in [2.24, 2.45) is 0 Å². The van der Waals surface area contributed by atoms with E-state index in [0.29, 0.717) is 5.75 Å². The highest BCUT2D eigenvalue weighted by Crippen LogP contribution is 2.34. The van der Waals surface area contributed by atoms with Gasteiger partial charge in [-0.15, -0.1) is 10.2 Å². The van der Waals surface area contributed by atoms with Crippen molar-refractivity contribution < 1.29 is 14.3 Å². The second-order valence-electron chi connectivity index (χ2n) is 7.52. The molecule has 1 amide bonds. The van der Waals surface area contributed by atoms with Gasteiger partial charge in [-0.25, -0.2) is 0 Å². The summed E-state index contributed by atoms with van der Waals surface area (Å²) in [4.78, 5) is 12.6. The van der Waals surface area contributed by atoms with Crippen molar-refractivity contribution >= 4 is 17.7 Å². The molecule has 7 nitrogen and oxygen atoms in total. The van der Waals surface area contributed by atoms with E-state index in [4.69, 9.17) is 9.47 Å². The van der Waals surface area contributed by atoms with E-state index in [1.165, 1.54) is 17.3 Å². The molecule has 3 aromatic rings. The number of hydrogen-bond donors (Lipinski definition) is 1. The molecule has 0 fully saturated rings. The normalized spacial score (nSPS) is 13.3. The molecular formula is C23H26N4O3S. The molecule has 1 aliphatic rings. The number of nitrogens with zero attached hydrogens (tertiary/aromatic N) is 3. The fourth-order valence-corrected chi connectivity index (χ4v) is 4.27. The quantitative estimate of drug-likeness (QED) is 0.527. The molecule has 2 aromatic carbocycles. The summed E-state index contributed by atoms with van der Waals surface area (Å²) in [6, 6.07) is 13.8. The SMILES string of the molecule is CCCn1c(SCC(=O)N[C@H](C)c2ccc3c(c2)OCO3)nnc1-c1cccc(C)c1. The highest BCUT2D eigenvalue weighted by Gasteiger charge is 2.18. The van der Waals surface area contributed by atoms with Crippen molar-refractivity contribution in [2.75, 3.05) is 12.5 Å². The topological polar surface area (TPSA) is 78.3 Å². The maximum absolute atomic E-state index is 12.6. The van der Waals surface area contributed by atoms with E-state index in [9.17, 15) is 4.79 Å². The minimum atomic E-state index is -0.140. The zero-order valence-corrected chi connectivity index (χ0v) is 18.7. The summed E-state index contributed by atoms with van der Waals surface area (Å²) in [5.41, 5.74) is 3.18. The van der Waals surface area contributed by atoms with Crippen LogP contribution < -0.4 is 14.8 Å². The van der Waals surface area contributed by atoms with Crippen LogP contribution in [0.3, 0.4) is 0 Å². The number of aryl methyl sites for hydroxylation is 1. The van der Waals surface area contributed by atoms with Gasteiger partial charge in [0.25, 0.3) is 0 Å². The van der Waals surface area contributed by atoms with Crippen molar-refractivity contribution in [2.45, 2.75) is 44.9 Å². The van der Waals surface area contributed by atoms with E-state index < -0.39 is 0 Å². The van der Waals surface area contributed by atoms with Gasteiger partial charge < -0.3 is 19.4 Å². The molecule has 0 radical (unpaired) electrons. The fraction of sp³-hybridized carbons (Fsp3) is 0.348. The van der Waals surface area contributed by atoms with Gasteiger partial charge in [-0.2, -0.15) is 0 Å². The Morgan fingerprint density at radius 3 is 2.84 bits per heavy atom. The maximum Gasteiger partial charge on any atom is 0.231 e. The molecule has 0 aliphatic carbocycles. The second kappa shape index (κ2) is 9.43. The number of carbonyl (C=O) groups excluding carboxylic acids is 1. The van der Waals surface area contributed by atoms with Gasteiger partial charge in [0.05, 0.1) is 11.8 Å². The highest BCUT2D eigenvalue weighted by atomic mass is 32.2. The molecule has 0 bridgehead atoms. The third-order valence-electron chi connectivity index (χ3n) is 5.05. The lowest BCUT2D eigenvalue weighted by atomic mass is 10.1. The summed E-state index contributed by atoms with van der Waals surface area (Å²) >= 11 is 1.40. The molecule has 1 aromatic heterocycles. The van der Waals surface area contributed by atoms with Gasteiger partial charge in [-0.1, -0.05) is 48.5 Å². The van der Waals surface area contributed by atoms with Crippen molar-refractivity contribution in [3.63, 3.8) is 0 Å². The Bertz CT molecular complexity index is 1080. The standard InChI is InChI=1S/C23H26N4O3S/c1-4-10-27-22(18-7-5-6-15(2)11-18)25-26-23(27)31-13-21(28)24-16(3)17-8-9-19-20(12-17)30-14-29-19/h5-9,11-12,16H,4,10,13-14H2,1-3H3,(H,24,28)/t16-/m1/s1. The first kappa shape index (κ1) is 21.2. The highest BCUT2D eigenvalue weighted by molar-refractivity contribution is 7.99. The second-order valence-corrected chi connectivity index (χ2v) is 8.46. The number of benzene rings is 2. The molecule has 1 N–H and O–H groups in total. The van der Waals surface area contributed by atoms with Crippen LogP contribution in [0.25, 0.3) is 11.4 Å². The molecular weight excluding hydrogens is 412 g/mol. The van der Waals surface area contributed by atoms with E-state index in [0.717, 1.165) is 40.8 Å². The van der Waals surface area contributed by atoms with Gasteiger partial charge in [-0.3, -0.25) is 4.79 Å². The molecule has 0 saturated carbocycles. The van der Waals surface area contributed by atoms with Crippen molar-refractivity contribution in [1.29, 1.82) is 0 Å². The molecule has 0 spiro atoms. The Kier molecular flexibility index (Phi) is 6.46. The van der Waals surface area contributed by atoms with E-state index >= 15 is 0 Å². The predicted octanol–water partition coefficient (Wildman–Crippen LogP) is 4.36. The van der Waals surface area contributed by atoms with Crippen LogP contribution >= 0.6 is 11.8 Å². The van der Waals surface area contributed by atoms with E-state index in [1.807, 2.05) is 37.3 Å². The molecule has 8 heteroatoms. The molecule has 2 heterocycles. The Balaban J connectivity index is 1.41. The van der Waals surface area contributed by atoms with Crippen molar-refractivity contribution in [3.05, 3.63) is 53.6 Å². The first-order valence-electron chi connectivity index (χ1n) is 10.4. The molecule has 162 valence electrons. The number of carbonyl (C=O) groups is 1. The summed E-state index contributed by atoms with van der Waals surface area (Å²) in [7, 11) is 0. The number of rotatable bonds is 8. The number of hydrogen-bond acceptors (Lipinski definition) is 6. The van der Waals surface area contributed by atoms with Crippen molar-refractivity contribution in [3.8, 4) is 22.9 Å². The van der Waals surface area contributed by atoms with Crippen molar-refractivity contribution in [1.82, 2.24) is 20.1 Å². The van der Waals surface area contributed by atoms with Crippen LogP contribution in [0.1, 0.15) is 37.4 Å². The van der Waals surface area contributed by atoms with E-state index in [1.54, 1.807) is 0 Å². The summed E-state index contributed by atoms with van der Waals surface area (Å²) in [5, 5.41) is 12.6. The first-order chi connectivity index (χ1) is 15.0. The van der Waals surface area contributed by atoms with Crippen LogP contribution in [0.15, 0.2) is 47.6 Å². The lowest BCUT2D eigenvalue weighted by Gasteiger charge is -2.15. The largest absolute Gasteiger partial charge is 0.454 e. The number of thioether (sulfide) groups is 1.